The molecule has 0 radical (unpaired) electrons. The van der Waals surface area contributed by atoms with E-state index in [-0.39, 0.29) is 0 Å². The third-order valence-electron chi connectivity index (χ3n) is 3.18. The second kappa shape index (κ2) is 4.61. The highest BCUT2D eigenvalue weighted by Crippen LogP contribution is 2.35. The first-order chi connectivity index (χ1) is 6.64. The summed E-state index contributed by atoms with van der Waals surface area (Å²) in [6, 6.07) is 0. The smallest absolute Gasteiger partial charge is 0.205 e. The number of aliphatic imine (C=N–C) groups is 1. The van der Waals surface area contributed by atoms with Crippen molar-refractivity contribution in [2.75, 3.05) is 27.7 Å². The minimum Gasteiger partial charge on any atom is -0.353 e. The van der Waals surface area contributed by atoms with E-state index in [2.05, 4.69) is 34.7 Å². The number of rotatable bonds is 3. The van der Waals surface area contributed by atoms with Crippen molar-refractivity contribution < 1.29 is 0 Å². The van der Waals surface area contributed by atoms with E-state index in [0.717, 1.165) is 6.54 Å². The molecule has 1 saturated carbocycles. The van der Waals surface area contributed by atoms with Gasteiger partial charge >= 0.3 is 0 Å². The van der Waals surface area contributed by atoms with Crippen molar-refractivity contribution in [3.8, 4) is 0 Å². The first-order valence-corrected chi connectivity index (χ1v) is 4.99. The third kappa shape index (κ3) is 2.16. The molecule has 0 heterocycles. The zero-order valence-corrected chi connectivity index (χ0v) is 9.30. The van der Waals surface area contributed by atoms with E-state index in [9.17, 15) is 0 Å². The average Bonchev–Trinajstić information content (AvgIpc) is 2.09. The van der Waals surface area contributed by atoms with Crippen LogP contribution in [0.4, 0.5) is 0 Å². The second-order valence-electron chi connectivity index (χ2n) is 4.04. The van der Waals surface area contributed by atoms with Crippen LogP contribution >= 0.6 is 0 Å². The van der Waals surface area contributed by atoms with Crippen LogP contribution in [0.15, 0.2) is 4.99 Å². The quantitative estimate of drug-likeness (QED) is 0.248. The molecule has 0 aliphatic heterocycles. The number of guanidine groups is 1. The molecule has 4 N–H and O–H groups in total. The Labute approximate surface area is 85.7 Å². The maximum absolute atomic E-state index is 5.29. The average molecular weight is 199 g/mol. The van der Waals surface area contributed by atoms with Crippen LogP contribution in [0, 0.1) is 0 Å². The van der Waals surface area contributed by atoms with E-state index in [1.807, 2.05) is 0 Å². The van der Waals surface area contributed by atoms with Crippen LogP contribution in [0.5, 0.6) is 0 Å². The van der Waals surface area contributed by atoms with Crippen LogP contribution in [0.1, 0.15) is 19.3 Å². The van der Waals surface area contributed by atoms with Gasteiger partial charge in [0, 0.05) is 19.1 Å². The van der Waals surface area contributed by atoms with Crippen LogP contribution < -0.4 is 16.6 Å². The monoisotopic (exact) mass is 199 g/mol. The zero-order chi connectivity index (χ0) is 10.6. The number of nitrogens with two attached hydrogens (primary N) is 1. The van der Waals surface area contributed by atoms with E-state index in [1.165, 1.54) is 19.3 Å². The lowest BCUT2D eigenvalue weighted by molar-refractivity contribution is 0.0646. The second-order valence-corrected chi connectivity index (χ2v) is 4.04. The molecule has 1 rings (SSSR count). The Balaban J connectivity index is 2.42. The topological polar surface area (TPSA) is 65.7 Å². The van der Waals surface area contributed by atoms with Gasteiger partial charge in [0.25, 0.3) is 0 Å². The summed E-state index contributed by atoms with van der Waals surface area (Å²) < 4.78 is 0. The van der Waals surface area contributed by atoms with Gasteiger partial charge in [-0.25, -0.2) is 5.84 Å². The van der Waals surface area contributed by atoms with E-state index < -0.39 is 0 Å². The lowest BCUT2D eigenvalue weighted by atomic mass is 9.75. The highest BCUT2D eigenvalue weighted by Gasteiger charge is 2.38. The molecule has 0 aromatic carbocycles. The lowest BCUT2D eigenvalue weighted by Crippen LogP contribution is -2.58. The van der Waals surface area contributed by atoms with Crippen LogP contribution in [0.3, 0.4) is 0 Å². The molecule has 0 aromatic heterocycles. The van der Waals surface area contributed by atoms with Crippen molar-refractivity contribution in [2.45, 2.75) is 24.8 Å². The van der Waals surface area contributed by atoms with E-state index in [0.29, 0.717) is 11.5 Å². The fourth-order valence-corrected chi connectivity index (χ4v) is 1.81. The number of nitrogens with zero attached hydrogens (tertiary/aromatic N) is 2. The van der Waals surface area contributed by atoms with Crippen LogP contribution in [-0.4, -0.2) is 44.1 Å². The standard InChI is InChI=1S/C9H21N5/c1-11-8(13-10)12-7-9(14(2)3)5-4-6-9/h4-7,10H2,1-3H3,(H2,11,12,13). The molecule has 5 nitrogen and oxygen atoms in total. The van der Waals surface area contributed by atoms with Gasteiger partial charge in [0.15, 0.2) is 0 Å². The molecule has 1 aliphatic rings. The van der Waals surface area contributed by atoms with Crippen LogP contribution in [-0.2, 0) is 0 Å². The molecule has 0 aromatic rings. The lowest BCUT2D eigenvalue weighted by Gasteiger charge is -2.47. The Morgan fingerprint density at radius 1 is 1.50 bits per heavy atom. The molecular weight excluding hydrogens is 178 g/mol. The first kappa shape index (κ1) is 11.3. The Bertz CT molecular complexity index is 207. The maximum Gasteiger partial charge on any atom is 0.205 e. The maximum atomic E-state index is 5.29. The van der Waals surface area contributed by atoms with E-state index in [4.69, 9.17) is 5.84 Å². The zero-order valence-electron chi connectivity index (χ0n) is 9.30. The van der Waals surface area contributed by atoms with Gasteiger partial charge in [-0.2, -0.15) is 0 Å². The Morgan fingerprint density at radius 3 is 2.43 bits per heavy atom. The predicted molar refractivity (Wildman–Crippen MR) is 59.0 cm³/mol. The molecule has 0 spiro atoms. The number of hydrazine groups is 1. The fourth-order valence-electron chi connectivity index (χ4n) is 1.81. The molecule has 82 valence electrons. The molecule has 0 atom stereocenters. The molecule has 0 amide bonds. The molecular formula is C9H21N5. The Hall–Kier alpha value is -0.810. The third-order valence-corrected chi connectivity index (χ3v) is 3.18. The summed E-state index contributed by atoms with van der Waals surface area (Å²) in [5.41, 5.74) is 2.83. The van der Waals surface area contributed by atoms with Gasteiger partial charge in [0.2, 0.25) is 5.96 Å². The number of nitrogens with one attached hydrogen (secondary N) is 2. The van der Waals surface area contributed by atoms with Crippen LogP contribution in [0.25, 0.3) is 0 Å². The summed E-state index contributed by atoms with van der Waals surface area (Å²) in [6.07, 6.45) is 3.80. The predicted octanol–water partition coefficient (Wildman–Crippen LogP) is -0.491. The number of likely N-dealkylation sites (N-methyl/N-ethyl adjacent to an activating group) is 1. The molecule has 1 aliphatic carbocycles. The summed E-state index contributed by atoms with van der Waals surface area (Å²) in [5, 5.41) is 3.22. The Kier molecular flexibility index (Phi) is 3.71. The summed E-state index contributed by atoms with van der Waals surface area (Å²) in [5.74, 6) is 5.94. The van der Waals surface area contributed by atoms with Gasteiger partial charge in [-0.05, 0) is 33.4 Å². The Morgan fingerprint density at radius 2 is 2.14 bits per heavy atom. The van der Waals surface area contributed by atoms with Gasteiger partial charge in [0.1, 0.15) is 0 Å². The van der Waals surface area contributed by atoms with Gasteiger partial charge in [-0.1, -0.05) is 0 Å². The van der Waals surface area contributed by atoms with E-state index >= 15 is 0 Å². The minimum absolute atomic E-state index is 0.298. The molecule has 5 heteroatoms. The van der Waals surface area contributed by atoms with Crippen molar-refractivity contribution in [1.29, 1.82) is 0 Å². The molecule has 0 unspecified atom stereocenters. The van der Waals surface area contributed by atoms with Gasteiger partial charge in [-0.3, -0.25) is 10.4 Å². The van der Waals surface area contributed by atoms with Crippen molar-refractivity contribution in [2.24, 2.45) is 10.8 Å². The molecule has 14 heavy (non-hydrogen) atoms. The molecule has 0 bridgehead atoms. The van der Waals surface area contributed by atoms with Gasteiger partial charge < -0.3 is 10.2 Å². The summed E-state index contributed by atoms with van der Waals surface area (Å²) in [6.45, 7) is 0.900. The number of hydrogen-bond donors (Lipinski definition) is 3. The molecule has 0 saturated heterocycles. The van der Waals surface area contributed by atoms with Gasteiger partial charge in [0.05, 0.1) is 0 Å². The molecule has 1 fully saturated rings. The minimum atomic E-state index is 0.298. The summed E-state index contributed by atoms with van der Waals surface area (Å²) >= 11 is 0. The fraction of sp³-hybridized carbons (Fsp3) is 0.889. The van der Waals surface area contributed by atoms with Crippen molar-refractivity contribution in [3.05, 3.63) is 0 Å². The summed E-state index contributed by atoms with van der Waals surface area (Å²) in [7, 11) is 5.96. The van der Waals surface area contributed by atoms with Crippen molar-refractivity contribution >= 4 is 5.96 Å². The highest BCUT2D eigenvalue weighted by atomic mass is 15.3. The number of hydrogen-bond acceptors (Lipinski definition) is 3. The van der Waals surface area contributed by atoms with E-state index in [1.54, 1.807) is 7.05 Å². The first-order valence-electron chi connectivity index (χ1n) is 4.99. The van der Waals surface area contributed by atoms with Crippen LogP contribution in [0.2, 0.25) is 0 Å². The highest BCUT2D eigenvalue weighted by molar-refractivity contribution is 5.79. The largest absolute Gasteiger partial charge is 0.353 e. The normalized spacial score (nSPS) is 20.5. The SMILES string of the molecule is CN=C(NN)NCC1(N(C)C)CCC1. The van der Waals surface area contributed by atoms with Crippen molar-refractivity contribution in [3.63, 3.8) is 0 Å². The van der Waals surface area contributed by atoms with Crippen molar-refractivity contribution in [1.82, 2.24) is 15.6 Å². The summed E-state index contributed by atoms with van der Waals surface area (Å²) in [4.78, 5) is 6.26. The van der Waals surface area contributed by atoms with Gasteiger partial charge in [-0.15, -0.1) is 0 Å².